The monoisotopic (exact) mass is 419 g/mol. The van der Waals surface area contributed by atoms with Crippen molar-refractivity contribution in [2.45, 2.75) is 19.1 Å². The molecule has 3 N–H and O–H groups in total. The number of nitrogens with two attached hydrogens (primary N) is 1. The Balaban J connectivity index is 1.49. The van der Waals surface area contributed by atoms with Gasteiger partial charge in [-0.2, -0.15) is 0 Å². The van der Waals surface area contributed by atoms with E-state index >= 15 is 0 Å². The van der Waals surface area contributed by atoms with Gasteiger partial charge in [-0.1, -0.05) is 48.5 Å². The number of nitrogens with one attached hydrogen (secondary N) is 1. The molecule has 0 radical (unpaired) electrons. The number of fused-ring (bicyclic) bond motifs is 1. The van der Waals surface area contributed by atoms with E-state index in [1.54, 1.807) is 7.11 Å². The van der Waals surface area contributed by atoms with Gasteiger partial charge in [0.15, 0.2) is 23.6 Å². The summed E-state index contributed by atoms with van der Waals surface area (Å²) in [6, 6.07) is 22.6. The number of para-hydroxylation sites is 2. The lowest BCUT2D eigenvalue weighted by atomic mass is 10.1. The summed E-state index contributed by atoms with van der Waals surface area (Å²) in [4.78, 5) is 13.3. The minimum absolute atomic E-state index is 0.118. The Morgan fingerprint density at radius 3 is 2.61 bits per heavy atom. The van der Waals surface area contributed by atoms with E-state index in [1.165, 1.54) is 0 Å². The molecule has 0 saturated carbocycles. The lowest BCUT2D eigenvalue weighted by Crippen LogP contribution is -2.89. The van der Waals surface area contributed by atoms with Crippen LogP contribution in [0.3, 0.4) is 0 Å². The smallest absolute Gasteiger partial charge is 0.287 e. The molecule has 160 valence electrons. The fourth-order valence-electron chi connectivity index (χ4n) is 3.65. The lowest BCUT2D eigenvalue weighted by Gasteiger charge is -2.26. The number of ether oxygens (including phenoxy) is 3. The largest absolute Gasteiger partial charge is 0.495 e. The number of aryl methyl sites for hydroxylation is 1. The molecular weight excluding hydrogens is 392 g/mol. The molecule has 0 fully saturated rings. The molecule has 6 heteroatoms. The van der Waals surface area contributed by atoms with Gasteiger partial charge in [-0.15, -0.1) is 0 Å². The van der Waals surface area contributed by atoms with Crippen LogP contribution in [0.15, 0.2) is 72.8 Å². The van der Waals surface area contributed by atoms with Gasteiger partial charge in [0, 0.05) is 5.56 Å². The molecule has 0 bridgehead atoms. The Morgan fingerprint density at radius 1 is 1.10 bits per heavy atom. The van der Waals surface area contributed by atoms with E-state index in [9.17, 15) is 4.79 Å². The number of quaternary nitrogens is 1. The number of carbonyl (C=O) groups excluding carboxylic acids is 1. The number of rotatable bonds is 7. The number of hydrogen-bond donors (Lipinski definition) is 2. The van der Waals surface area contributed by atoms with Crippen LogP contribution in [-0.4, -0.2) is 32.3 Å². The van der Waals surface area contributed by atoms with Crippen molar-refractivity contribution in [1.29, 1.82) is 0 Å². The van der Waals surface area contributed by atoms with E-state index < -0.39 is 6.04 Å². The molecule has 31 heavy (non-hydrogen) atoms. The molecule has 0 unspecified atom stereocenters. The van der Waals surface area contributed by atoms with Crippen molar-refractivity contribution in [1.82, 2.24) is 0 Å². The minimum atomic E-state index is -0.438. The first-order chi connectivity index (χ1) is 15.1. The third-order valence-electron chi connectivity index (χ3n) is 5.26. The number of anilines is 1. The molecule has 0 aromatic heterocycles. The Hall–Kier alpha value is -3.51. The molecule has 1 heterocycles. The van der Waals surface area contributed by atoms with E-state index in [0.29, 0.717) is 24.6 Å². The van der Waals surface area contributed by atoms with Crippen LogP contribution < -0.4 is 24.8 Å². The standard InChI is InChI=1S/C25H26N2O4/c1-17-12-13-21(29-2)20(14-17)27-25(28)24(18-8-4-3-5-9-18)26-15-19-16-30-22-10-6-7-11-23(22)31-19/h3-14,19,24,26H,15-16H2,1-2H3,(H,27,28)/p+1/t19-,24+/m0/s1. The first-order valence-electron chi connectivity index (χ1n) is 10.4. The van der Waals surface area contributed by atoms with Crippen LogP contribution in [0.4, 0.5) is 5.69 Å². The predicted molar refractivity (Wildman–Crippen MR) is 119 cm³/mol. The van der Waals surface area contributed by atoms with Crippen molar-refractivity contribution in [3.63, 3.8) is 0 Å². The molecule has 0 aliphatic carbocycles. The molecule has 1 aliphatic heterocycles. The topological polar surface area (TPSA) is 73.4 Å². The molecule has 1 aliphatic rings. The second kappa shape index (κ2) is 9.53. The zero-order chi connectivity index (χ0) is 21.6. The summed E-state index contributed by atoms with van der Waals surface area (Å²) in [5.74, 6) is 2.00. The van der Waals surface area contributed by atoms with Crippen molar-refractivity contribution in [2.24, 2.45) is 0 Å². The van der Waals surface area contributed by atoms with E-state index in [1.807, 2.05) is 85.0 Å². The van der Waals surface area contributed by atoms with Gasteiger partial charge in [0.05, 0.1) is 12.8 Å². The van der Waals surface area contributed by atoms with Crippen LogP contribution in [0.1, 0.15) is 17.2 Å². The normalized spacial score (nSPS) is 15.7. The molecule has 6 nitrogen and oxygen atoms in total. The summed E-state index contributed by atoms with van der Waals surface area (Å²) < 4.78 is 17.3. The minimum Gasteiger partial charge on any atom is -0.495 e. The van der Waals surface area contributed by atoms with Gasteiger partial charge in [-0.3, -0.25) is 4.79 Å². The van der Waals surface area contributed by atoms with E-state index in [4.69, 9.17) is 14.2 Å². The van der Waals surface area contributed by atoms with E-state index in [0.717, 1.165) is 22.6 Å². The van der Waals surface area contributed by atoms with Gasteiger partial charge < -0.3 is 24.8 Å². The Morgan fingerprint density at radius 2 is 1.84 bits per heavy atom. The quantitative estimate of drug-likeness (QED) is 0.617. The first kappa shape index (κ1) is 20.8. The fraction of sp³-hybridized carbons (Fsp3) is 0.240. The van der Waals surface area contributed by atoms with E-state index in [2.05, 4.69) is 5.32 Å². The van der Waals surface area contributed by atoms with Gasteiger partial charge >= 0.3 is 0 Å². The third-order valence-corrected chi connectivity index (χ3v) is 5.26. The van der Waals surface area contributed by atoms with Crippen LogP contribution >= 0.6 is 0 Å². The number of hydrogen-bond acceptors (Lipinski definition) is 4. The van der Waals surface area contributed by atoms with Crippen LogP contribution in [0.2, 0.25) is 0 Å². The molecule has 4 rings (SSSR count). The van der Waals surface area contributed by atoms with Crippen molar-refractivity contribution < 1.29 is 24.3 Å². The average Bonchev–Trinajstić information content (AvgIpc) is 2.80. The molecule has 2 atom stereocenters. The van der Waals surface area contributed by atoms with Gasteiger partial charge in [0.1, 0.15) is 18.9 Å². The second-order valence-electron chi connectivity index (χ2n) is 7.55. The molecule has 0 saturated heterocycles. The molecule has 3 aromatic rings. The van der Waals surface area contributed by atoms with Gasteiger partial charge in [0.2, 0.25) is 0 Å². The SMILES string of the molecule is COc1ccc(C)cc1NC(=O)[C@H]([NH2+]C[C@H]1COc2ccccc2O1)c1ccccc1. The summed E-state index contributed by atoms with van der Waals surface area (Å²) in [5.41, 5.74) is 2.62. The summed E-state index contributed by atoms with van der Waals surface area (Å²) in [6.45, 7) is 3.00. The lowest BCUT2D eigenvalue weighted by molar-refractivity contribution is -0.687. The van der Waals surface area contributed by atoms with E-state index in [-0.39, 0.29) is 12.0 Å². The molecule has 1 amide bonds. The number of benzene rings is 3. The van der Waals surface area contributed by atoms with Gasteiger partial charge in [-0.25, -0.2) is 0 Å². The predicted octanol–water partition coefficient (Wildman–Crippen LogP) is 3.09. The van der Waals surface area contributed by atoms with Gasteiger partial charge in [-0.05, 0) is 36.8 Å². The number of methoxy groups -OCH3 is 1. The number of amides is 1. The zero-order valence-electron chi connectivity index (χ0n) is 17.7. The maximum Gasteiger partial charge on any atom is 0.287 e. The van der Waals surface area contributed by atoms with Crippen molar-refractivity contribution in [3.8, 4) is 17.2 Å². The fourth-order valence-corrected chi connectivity index (χ4v) is 3.65. The highest BCUT2D eigenvalue weighted by atomic mass is 16.6. The molecule has 0 spiro atoms. The maximum atomic E-state index is 13.3. The zero-order valence-corrected chi connectivity index (χ0v) is 17.7. The Kier molecular flexibility index (Phi) is 6.38. The van der Waals surface area contributed by atoms with Crippen molar-refractivity contribution >= 4 is 11.6 Å². The summed E-state index contributed by atoms with van der Waals surface area (Å²) in [7, 11) is 1.60. The Labute approximate surface area is 182 Å². The highest BCUT2D eigenvalue weighted by molar-refractivity contribution is 5.95. The summed E-state index contributed by atoms with van der Waals surface area (Å²) >= 11 is 0. The Bertz CT molecular complexity index is 1040. The summed E-state index contributed by atoms with van der Waals surface area (Å²) in [5, 5.41) is 5.03. The highest BCUT2D eigenvalue weighted by Gasteiger charge is 2.29. The van der Waals surface area contributed by atoms with Crippen molar-refractivity contribution in [2.75, 3.05) is 25.6 Å². The van der Waals surface area contributed by atoms with Crippen LogP contribution in [0.5, 0.6) is 17.2 Å². The average molecular weight is 420 g/mol. The number of carbonyl (C=O) groups is 1. The third kappa shape index (κ3) is 4.98. The molecule has 3 aromatic carbocycles. The van der Waals surface area contributed by atoms with Crippen LogP contribution in [0, 0.1) is 6.92 Å². The van der Waals surface area contributed by atoms with Gasteiger partial charge in [0.25, 0.3) is 5.91 Å². The molecular formula is C25H27N2O4+. The highest BCUT2D eigenvalue weighted by Crippen LogP contribution is 2.30. The maximum absolute atomic E-state index is 13.3. The van der Waals surface area contributed by atoms with Crippen LogP contribution in [0.25, 0.3) is 0 Å². The van der Waals surface area contributed by atoms with Crippen LogP contribution in [-0.2, 0) is 4.79 Å². The first-order valence-corrected chi connectivity index (χ1v) is 10.4. The second-order valence-corrected chi connectivity index (χ2v) is 7.55. The summed E-state index contributed by atoms with van der Waals surface area (Å²) in [6.07, 6.45) is -0.151. The van der Waals surface area contributed by atoms with Crippen molar-refractivity contribution in [3.05, 3.63) is 83.9 Å².